The summed E-state index contributed by atoms with van der Waals surface area (Å²) >= 11 is 0. The van der Waals surface area contributed by atoms with E-state index in [9.17, 15) is 18.8 Å². The van der Waals surface area contributed by atoms with Crippen LogP contribution in [0, 0.1) is 0 Å². The Bertz CT molecular complexity index is 791. The molecule has 3 aliphatic rings. The zero-order valence-electron chi connectivity index (χ0n) is 15.0. The highest BCUT2D eigenvalue weighted by molar-refractivity contribution is 6.05. The van der Waals surface area contributed by atoms with Crippen molar-refractivity contribution in [3.05, 3.63) is 34.9 Å². The fourth-order valence-electron chi connectivity index (χ4n) is 4.08. The molecule has 3 amide bonds. The Hall–Kier alpha value is -2.32. The molecule has 7 nitrogen and oxygen atoms in total. The molecule has 27 heavy (non-hydrogen) atoms. The molecule has 0 spiro atoms. The third-order valence-electron chi connectivity index (χ3n) is 5.75. The van der Waals surface area contributed by atoms with Crippen LogP contribution in [0.4, 0.5) is 4.39 Å². The van der Waals surface area contributed by atoms with Crippen LogP contribution >= 0.6 is 0 Å². The molecule has 3 heterocycles. The van der Waals surface area contributed by atoms with Crippen molar-refractivity contribution in [3.63, 3.8) is 0 Å². The zero-order valence-corrected chi connectivity index (χ0v) is 15.0. The highest BCUT2D eigenvalue weighted by Gasteiger charge is 2.39. The second kappa shape index (κ2) is 7.01. The number of imide groups is 1. The molecule has 0 aromatic heterocycles. The molecular formula is C19H23FN4O3. The van der Waals surface area contributed by atoms with Crippen molar-refractivity contribution in [1.29, 1.82) is 0 Å². The van der Waals surface area contributed by atoms with Crippen molar-refractivity contribution in [1.82, 2.24) is 20.9 Å². The first kappa shape index (κ1) is 18.1. The lowest BCUT2D eigenvalue weighted by Gasteiger charge is -2.29. The molecule has 144 valence electrons. The van der Waals surface area contributed by atoms with Crippen LogP contribution in [-0.4, -0.2) is 54.0 Å². The highest BCUT2D eigenvalue weighted by Crippen LogP contribution is 2.28. The Morgan fingerprint density at radius 2 is 2.15 bits per heavy atom. The fraction of sp³-hybridized carbons (Fsp3) is 0.526. The van der Waals surface area contributed by atoms with Crippen LogP contribution < -0.4 is 16.0 Å². The van der Waals surface area contributed by atoms with Gasteiger partial charge in [-0.2, -0.15) is 0 Å². The first-order valence-corrected chi connectivity index (χ1v) is 9.29. The summed E-state index contributed by atoms with van der Waals surface area (Å²) in [4.78, 5) is 37.7. The Morgan fingerprint density at radius 1 is 1.30 bits per heavy atom. The maximum absolute atomic E-state index is 13.4. The molecule has 0 aliphatic carbocycles. The number of piperidine rings is 1. The van der Waals surface area contributed by atoms with E-state index in [0.29, 0.717) is 31.6 Å². The number of hydrogen-bond donors (Lipinski definition) is 3. The highest BCUT2D eigenvalue weighted by atomic mass is 19.1. The number of alkyl halides is 1. The Labute approximate surface area is 156 Å². The monoisotopic (exact) mass is 374 g/mol. The molecule has 2 atom stereocenters. The number of nitrogens with zero attached hydrogens (tertiary/aromatic N) is 1. The number of amides is 3. The molecule has 8 heteroatoms. The molecule has 1 aromatic rings. The van der Waals surface area contributed by atoms with E-state index in [1.165, 1.54) is 4.90 Å². The van der Waals surface area contributed by atoms with Crippen molar-refractivity contribution >= 4 is 17.7 Å². The molecule has 2 unspecified atom stereocenters. The van der Waals surface area contributed by atoms with Crippen LogP contribution in [0.15, 0.2) is 18.2 Å². The number of nitrogens with one attached hydrogen (secondary N) is 3. The number of carbonyl (C=O) groups excluding carboxylic acids is 3. The summed E-state index contributed by atoms with van der Waals surface area (Å²) < 4.78 is 13.4. The van der Waals surface area contributed by atoms with Crippen molar-refractivity contribution in [2.45, 2.75) is 43.9 Å². The molecule has 2 saturated heterocycles. The molecule has 1 aromatic carbocycles. The van der Waals surface area contributed by atoms with E-state index < -0.39 is 24.2 Å². The molecule has 4 rings (SSSR count). The number of carbonyl (C=O) groups is 3. The molecule has 3 aliphatic heterocycles. The van der Waals surface area contributed by atoms with Gasteiger partial charge in [0.1, 0.15) is 12.7 Å². The maximum atomic E-state index is 13.4. The van der Waals surface area contributed by atoms with Crippen LogP contribution in [0.1, 0.15) is 40.7 Å². The summed E-state index contributed by atoms with van der Waals surface area (Å²) in [7, 11) is 0. The van der Waals surface area contributed by atoms with Crippen molar-refractivity contribution < 1.29 is 18.8 Å². The van der Waals surface area contributed by atoms with E-state index >= 15 is 0 Å². The predicted octanol–water partition coefficient (Wildman–Crippen LogP) is 0.239. The van der Waals surface area contributed by atoms with E-state index in [2.05, 4.69) is 16.0 Å². The van der Waals surface area contributed by atoms with E-state index in [4.69, 9.17) is 0 Å². The van der Waals surface area contributed by atoms with E-state index in [0.717, 1.165) is 24.1 Å². The van der Waals surface area contributed by atoms with Crippen LogP contribution in [0.5, 0.6) is 0 Å². The molecule has 2 fully saturated rings. The number of hydrogen-bond acceptors (Lipinski definition) is 5. The Kier molecular flexibility index (Phi) is 4.69. The van der Waals surface area contributed by atoms with Crippen LogP contribution in [0.3, 0.4) is 0 Å². The van der Waals surface area contributed by atoms with Gasteiger partial charge in [-0.05, 0) is 36.6 Å². The fourth-order valence-corrected chi connectivity index (χ4v) is 4.08. The van der Waals surface area contributed by atoms with Crippen LogP contribution in [0.25, 0.3) is 0 Å². The second-order valence-corrected chi connectivity index (χ2v) is 7.59. The minimum Gasteiger partial charge on any atom is -0.322 e. The van der Waals surface area contributed by atoms with Crippen molar-refractivity contribution in [2.75, 3.05) is 19.8 Å². The Morgan fingerprint density at radius 3 is 2.85 bits per heavy atom. The quantitative estimate of drug-likeness (QED) is 0.643. The van der Waals surface area contributed by atoms with E-state index in [1.54, 1.807) is 6.07 Å². The van der Waals surface area contributed by atoms with E-state index in [1.807, 2.05) is 12.1 Å². The number of halogens is 1. The van der Waals surface area contributed by atoms with Crippen molar-refractivity contribution in [3.8, 4) is 0 Å². The van der Waals surface area contributed by atoms with Gasteiger partial charge in [0.2, 0.25) is 11.8 Å². The normalized spacial score (nSPS) is 27.8. The first-order valence-electron chi connectivity index (χ1n) is 9.29. The molecule has 0 saturated carbocycles. The number of rotatable bonds is 5. The lowest BCUT2D eigenvalue weighted by molar-refractivity contribution is -0.136. The van der Waals surface area contributed by atoms with Gasteiger partial charge in [0, 0.05) is 31.6 Å². The minimum absolute atomic E-state index is 0.181. The third kappa shape index (κ3) is 3.35. The lowest BCUT2D eigenvalue weighted by atomic mass is 9.99. The van der Waals surface area contributed by atoms with E-state index in [-0.39, 0.29) is 18.2 Å². The summed E-state index contributed by atoms with van der Waals surface area (Å²) in [5.41, 5.74) is 1.91. The first-order chi connectivity index (χ1) is 13.0. The van der Waals surface area contributed by atoms with Gasteiger partial charge in [0.15, 0.2) is 0 Å². The molecule has 0 radical (unpaired) electrons. The van der Waals surface area contributed by atoms with Gasteiger partial charge in [0.05, 0.1) is 5.54 Å². The van der Waals surface area contributed by atoms with Crippen LogP contribution in [0.2, 0.25) is 0 Å². The standard InChI is InChI=1S/C19H23FN4O3/c20-10-19(5-6-21-11-19)22-8-12-1-2-14-13(7-12)9-24(18(14)27)15-3-4-16(25)23-17(15)26/h1-2,7,15,21-22H,3-6,8-11H2,(H,23,25,26). The van der Waals surface area contributed by atoms with Gasteiger partial charge >= 0.3 is 0 Å². The minimum atomic E-state index is -0.608. The SMILES string of the molecule is O=C1CCC(N2Cc3cc(CNC4(CF)CCNC4)ccc3C2=O)C(=O)N1. The second-order valence-electron chi connectivity index (χ2n) is 7.59. The Balaban J connectivity index is 1.46. The van der Waals surface area contributed by atoms with Crippen molar-refractivity contribution in [2.24, 2.45) is 0 Å². The van der Waals surface area contributed by atoms with Gasteiger partial charge < -0.3 is 15.5 Å². The van der Waals surface area contributed by atoms with Gasteiger partial charge in [-0.15, -0.1) is 0 Å². The summed E-state index contributed by atoms with van der Waals surface area (Å²) in [5, 5.41) is 8.80. The summed E-state index contributed by atoms with van der Waals surface area (Å²) in [6, 6.07) is 4.98. The van der Waals surface area contributed by atoms with Gasteiger partial charge in [0.25, 0.3) is 5.91 Å². The average Bonchev–Trinajstić information content (AvgIpc) is 3.26. The largest absolute Gasteiger partial charge is 0.322 e. The molecular weight excluding hydrogens is 351 g/mol. The topological polar surface area (TPSA) is 90.5 Å². The molecule has 3 N–H and O–H groups in total. The van der Waals surface area contributed by atoms with Crippen LogP contribution in [-0.2, 0) is 22.7 Å². The number of fused-ring (bicyclic) bond motifs is 1. The van der Waals surface area contributed by atoms with Gasteiger partial charge in [-0.3, -0.25) is 19.7 Å². The lowest BCUT2D eigenvalue weighted by Crippen LogP contribution is -2.52. The smallest absolute Gasteiger partial charge is 0.255 e. The summed E-state index contributed by atoms with van der Waals surface area (Å²) in [6.45, 7) is 1.86. The third-order valence-corrected chi connectivity index (χ3v) is 5.75. The maximum Gasteiger partial charge on any atom is 0.255 e. The number of benzene rings is 1. The molecule has 0 bridgehead atoms. The zero-order chi connectivity index (χ0) is 19.0. The average molecular weight is 374 g/mol. The van der Waals surface area contributed by atoms with Gasteiger partial charge in [-0.1, -0.05) is 12.1 Å². The summed E-state index contributed by atoms with van der Waals surface area (Å²) in [5.74, 6) is -0.885. The summed E-state index contributed by atoms with van der Waals surface area (Å²) in [6.07, 6.45) is 1.34. The predicted molar refractivity (Wildman–Crippen MR) is 95.5 cm³/mol. The van der Waals surface area contributed by atoms with Gasteiger partial charge in [-0.25, -0.2) is 4.39 Å².